The first-order chi connectivity index (χ1) is 17.9. The Bertz CT molecular complexity index is 1580. The third kappa shape index (κ3) is 5.95. The Labute approximate surface area is 244 Å². The molecule has 0 N–H and O–H groups in total. The monoisotopic (exact) mass is 632 g/mol. The van der Waals surface area contributed by atoms with E-state index >= 15 is 0 Å². The van der Waals surface area contributed by atoms with Gasteiger partial charge in [0.05, 0.1) is 42.5 Å². The highest BCUT2D eigenvalue weighted by Crippen LogP contribution is 2.41. The lowest BCUT2D eigenvalue weighted by Crippen LogP contribution is -2.01. The number of halogens is 9. The molecule has 0 fully saturated rings. The van der Waals surface area contributed by atoms with E-state index in [1.165, 1.54) is 0 Å². The van der Waals surface area contributed by atoms with Crippen LogP contribution in [0.15, 0.2) is 36.4 Å². The van der Waals surface area contributed by atoms with Crippen molar-refractivity contribution >= 4 is 69.6 Å². The molecule has 192 valence electrons. The summed E-state index contributed by atoms with van der Waals surface area (Å²) < 4.78 is 41.7. The maximum absolute atomic E-state index is 14.3. The van der Waals surface area contributed by atoms with Crippen molar-refractivity contribution in [1.82, 2.24) is 10.2 Å². The highest BCUT2D eigenvalue weighted by Gasteiger charge is 2.23. The zero-order valence-corrected chi connectivity index (χ0v) is 23.2. The van der Waals surface area contributed by atoms with E-state index in [4.69, 9.17) is 80.1 Å². The summed E-state index contributed by atoms with van der Waals surface area (Å²) in [5.74, 6) is -3.16. The van der Waals surface area contributed by atoms with Crippen LogP contribution in [0, 0.1) is 47.0 Å². The van der Waals surface area contributed by atoms with Crippen LogP contribution in [-0.4, -0.2) is 10.2 Å². The van der Waals surface area contributed by atoms with Crippen molar-refractivity contribution in [3.63, 3.8) is 0 Å². The van der Waals surface area contributed by atoms with Crippen LogP contribution < -0.4 is 0 Å². The molecule has 0 spiro atoms. The van der Waals surface area contributed by atoms with Gasteiger partial charge in [-0.1, -0.05) is 81.7 Å². The molecule has 3 aromatic carbocycles. The van der Waals surface area contributed by atoms with Crippen LogP contribution in [0.5, 0.6) is 0 Å². The number of aromatic nitrogens is 2. The number of aryl methyl sites for hydroxylation is 1. The zero-order valence-electron chi connectivity index (χ0n) is 18.7. The predicted octanol–water partition coefficient (Wildman–Crippen LogP) is 9.89. The summed E-state index contributed by atoms with van der Waals surface area (Å²) in [6.07, 6.45) is 0. The summed E-state index contributed by atoms with van der Waals surface area (Å²) >= 11 is 34.8. The summed E-state index contributed by atoms with van der Waals surface area (Å²) in [7, 11) is 0. The molecule has 0 bridgehead atoms. The number of hydrogen-bond donors (Lipinski definition) is 0. The lowest BCUT2D eigenvalue weighted by atomic mass is 9.94. The van der Waals surface area contributed by atoms with Crippen molar-refractivity contribution < 1.29 is 13.2 Å². The van der Waals surface area contributed by atoms with Gasteiger partial charge in [-0.05, 0) is 24.6 Å². The average molecular weight is 635 g/mol. The van der Waals surface area contributed by atoms with E-state index in [9.17, 15) is 13.2 Å². The molecule has 0 saturated carbocycles. The van der Waals surface area contributed by atoms with Gasteiger partial charge in [0.1, 0.15) is 29.6 Å². The second-order valence-corrected chi connectivity index (χ2v) is 9.61. The second-order valence-electron chi connectivity index (χ2n) is 7.31. The molecule has 1 aromatic heterocycles. The van der Waals surface area contributed by atoms with Crippen LogP contribution in [0.1, 0.15) is 16.8 Å². The Morgan fingerprint density at radius 1 is 0.658 bits per heavy atom. The van der Waals surface area contributed by atoms with Crippen LogP contribution in [0.4, 0.5) is 13.2 Å². The van der Waals surface area contributed by atoms with Crippen molar-refractivity contribution in [2.24, 2.45) is 0 Å². The van der Waals surface area contributed by atoms with Gasteiger partial charge in [0, 0.05) is 28.3 Å². The quantitative estimate of drug-likeness (QED) is 0.162. The maximum atomic E-state index is 14.3. The van der Waals surface area contributed by atoms with E-state index in [0.717, 1.165) is 0 Å². The van der Waals surface area contributed by atoms with Gasteiger partial charge in [0.15, 0.2) is 5.15 Å². The Kier molecular flexibility index (Phi) is 9.73. The standard InChI is InChI=1S/C17H9Cl2F3N2.C8Cl4N2/c1-8-14(9-2-4-10(18)5-3-9)16(17(19)24-23-8)15-12(21)6-11(20)7-13(15)22;9-5-3(1-13)6(10)8(12)7(11)4(5)2-14/h2-7H,1H3;. The number of nitrogens with zero attached hydrogens (tertiary/aromatic N) is 4. The average Bonchev–Trinajstić information content (AvgIpc) is 2.86. The van der Waals surface area contributed by atoms with Gasteiger partial charge < -0.3 is 0 Å². The van der Waals surface area contributed by atoms with Crippen molar-refractivity contribution in [3.8, 4) is 34.4 Å². The summed E-state index contributed by atoms with van der Waals surface area (Å²) in [5.41, 5.74) is 0.896. The Balaban J connectivity index is 0.000000244. The Morgan fingerprint density at radius 3 is 1.63 bits per heavy atom. The van der Waals surface area contributed by atoms with E-state index in [1.54, 1.807) is 43.3 Å². The fraction of sp³-hybridized carbons (Fsp3) is 0.0400. The van der Waals surface area contributed by atoms with Gasteiger partial charge in [-0.15, -0.1) is 5.10 Å². The predicted molar refractivity (Wildman–Crippen MR) is 143 cm³/mol. The van der Waals surface area contributed by atoms with Gasteiger partial charge in [0.2, 0.25) is 0 Å². The Hall–Kier alpha value is -2.75. The van der Waals surface area contributed by atoms with E-state index in [2.05, 4.69) is 10.2 Å². The van der Waals surface area contributed by atoms with E-state index in [1.807, 2.05) is 0 Å². The molecule has 0 radical (unpaired) electrons. The molecule has 13 heteroatoms. The van der Waals surface area contributed by atoms with E-state index in [-0.39, 0.29) is 41.9 Å². The van der Waals surface area contributed by atoms with Crippen molar-refractivity contribution in [1.29, 1.82) is 10.5 Å². The third-order valence-electron chi connectivity index (χ3n) is 4.98. The molecule has 0 unspecified atom stereocenters. The van der Waals surface area contributed by atoms with Gasteiger partial charge in [-0.2, -0.15) is 15.6 Å². The number of benzene rings is 3. The number of rotatable bonds is 2. The first-order valence-electron chi connectivity index (χ1n) is 10.0. The molecule has 0 aliphatic rings. The van der Waals surface area contributed by atoms with Gasteiger partial charge in [0.25, 0.3) is 0 Å². The fourth-order valence-corrected chi connectivity index (χ4v) is 4.73. The lowest BCUT2D eigenvalue weighted by molar-refractivity contribution is 0.548. The highest BCUT2D eigenvalue weighted by molar-refractivity contribution is 6.50. The summed E-state index contributed by atoms with van der Waals surface area (Å²) in [5, 5.41) is 25.2. The second kappa shape index (κ2) is 12.4. The maximum Gasteiger partial charge on any atom is 0.160 e. The number of nitriles is 2. The van der Waals surface area contributed by atoms with Crippen LogP contribution in [-0.2, 0) is 0 Å². The highest BCUT2D eigenvalue weighted by atomic mass is 35.5. The van der Waals surface area contributed by atoms with Gasteiger partial charge in [-0.25, -0.2) is 13.2 Å². The van der Waals surface area contributed by atoms with Crippen LogP contribution in [0.25, 0.3) is 22.3 Å². The van der Waals surface area contributed by atoms with Crippen LogP contribution in [0.3, 0.4) is 0 Å². The smallest absolute Gasteiger partial charge is 0.160 e. The molecule has 0 amide bonds. The molecule has 0 aliphatic heterocycles. The lowest BCUT2D eigenvalue weighted by Gasteiger charge is -2.15. The minimum atomic E-state index is -1.07. The topological polar surface area (TPSA) is 73.4 Å². The molecule has 38 heavy (non-hydrogen) atoms. The van der Waals surface area contributed by atoms with E-state index < -0.39 is 23.0 Å². The largest absolute Gasteiger partial charge is 0.207 e. The first kappa shape index (κ1) is 29.8. The molecule has 0 saturated heterocycles. The molecule has 0 atom stereocenters. The van der Waals surface area contributed by atoms with Crippen molar-refractivity contribution in [2.75, 3.05) is 0 Å². The summed E-state index contributed by atoms with van der Waals surface area (Å²) in [4.78, 5) is 0. The van der Waals surface area contributed by atoms with Crippen LogP contribution in [0.2, 0.25) is 30.3 Å². The third-order valence-corrected chi connectivity index (χ3v) is 7.20. The molecule has 0 aliphatic carbocycles. The molecule has 4 nitrogen and oxygen atoms in total. The number of hydrogen-bond acceptors (Lipinski definition) is 4. The summed E-state index contributed by atoms with van der Waals surface area (Å²) in [6.45, 7) is 1.64. The van der Waals surface area contributed by atoms with Crippen LogP contribution >= 0.6 is 69.6 Å². The normalized spacial score (nSPS) is 10.3. The Morgan fingerprint density at radius 2 is 1.16 bits per heavy atom. The molecule has 4 aromatic rings. The molecule has 1 heterocycles. The van der Waals surface area contributed by atoms with E-state index in [0.29, 0.717) is 34.0 Å². The fourth-order valence-electron chi connectivity index (χ4n) is 3.31. The molecular formula is C25H9Cl6F3N4. The van der Waals surface area contributed by atoms with Gasteiger partial charge in [-0.3, -0.25) is 0 Å². The summed E-state index contributed by atoms with van der Waals surface area (Å²) in [6, 6.07) is 11.3. The van der Waals surface area contributed by atoms with Gasteiger partial charge >= 0.3 is 0 Å². The zero-order chi connectivity index (χ0) is 28.3. The van der Waals surface area contributed by atoms with Crippen molar-refractivity contribution in [3.05, 3.63) is 101 Å². The minimum Gasteiger partial charge on any atom is -0.207 e. The molecular weight excluding hydrogens is 626 g/mol. The first-order valence-corrected chi connectivity index (χ1v) is 12.3. The molecule has 4 rings (SSSR count). The minimum absolute atomic E-state index is 0.0153. The van der Waals surface area contributed by atoms with Crippen molar-refractivity contribution in [2.45, 2.75) is 6.92 Å². The SMILES string of the molecule is Cc1nnc(Cl)c(-c2c(F)cc(F)cc2F)c1-c1ccc(Cl)cc1.N#Cc1c(Cl)c(Cl)c(Cl)c(C#N)c1Cl.